The Morgan fingerprint density at radius 3 is 2.57 bits per heavy atom. The molecule has 10 heteroatoms. The fourth-order valence-corrected chi connectivity index (χ4v) is 2.42. The van der Waals surface area contributed by atoms with Gasteiger partial charge in [0, 0.05) is 13.1 Å². The monoisotopic (exact) mass is 393 g/mol. The number of anilines is 1. The number of hydrogen-bond donors (Lipinski definition) is 1. The van der Waals surface area contributed by atoms with Gasteiger partial charge in [0.05, 0.1) is 24.1 Å². The summed E-state index contributed by atoms with van der Waals surface area (Å²) in [6, 6.07) is 9.17. The highest BCUT2D eigenvalue weighted by molar-refractivity contribution is 5.98. The molecule has 0 bridgehead atoms. The number of hydrogen-bond acceptors (Lipinski definition) is 5. The third kappa shape index (κ3) is 4.22. The minimum atomic E-state index is -4.62. The maximum Gasteiger partial charge on any atom is 0.418 e. The fraction of sp³-hybridized carbons (Fsp3) is 0.167. The van der Waals surface area contributed by atoms with Gasteiger partial charge in [0.1, 0.15) is 0 Å². The average molecular weight is 393 g/mol. The van der Waals surface area contributed by atoms with Gasteiger partial charge in [0.2, 0.25) is 11.7 Å². The molecule has 0 aliphatic carbocycles. The van der Waals surface area contributed by atoms with Crippen LogP contribution in [0.2, 0.25) is 0 Å². The van der Waals surface area contributed by atoms with Crippen LogP contribution in [0.15, 0.2) is 57.7 Å². The number of para-hydroxylation sites is 1. The minimum absolute atomic E-state index is 0.0719. The Labute approximate surface area is 156 Å². The number of furan rings is 1. The van der Waals surface area contributed by atoms with Crippen molar-refractivity contribution in [1.29, 1.82) is 0 Å². The Morgan fingerprint density at radius 1 is 1.14 bits per heavy atom. The standard InChI is InChI=1S/C18H14F3N3O4/c1-24(17(26)13-9-15(28-23-13)14-7-4-8-27-14)10-16(25)22-12-6-3-2-5-11(12)18(19,20)21/h2-9H,10H2,1H3,(H,22,25). The second-order valence-corrected chi connectivity index (χ2v) is 5.81. The molecular formula is C18H14F3N3O4. The van der Waals surface area contributed by atoms with E-state index in [2.05, 4.69) is 10.5 Å². The lowest BCUT2D eigenvalue weighted by atomic mass is 10.1. The van der Waals surface area contributed by atoms with Gasteiger partial charge in [-0.1, -0.05) is 17.3 Å². The summed E-state index contributed by atoms with van der Waals surface area (Å²) in [5.41, 5.74) is -1.43. The Kier molecular flexibility index (Phi) is 5.21. The van der Waals surface area contributed by atoms with Gasteiger partial charge < -0.3 is 19.2 Å². The molecule has 0 aliphatic rings. The van der Waals surface area contributed by atoms with Crippen LogP contribution in [-0.4, -0.2) is 35.5 Å². The van der Waals surface area contributed by atoms with Crippen LogP contribution in [0.4, 0.5) is 18.9 Å². The number of aromatic nitrogens is 1. The lowest BCUT2D eigenvalue weighted by molar-refractivity contribution is -0.137. The second-order valence-electron chi connectivity index (χ2n) is 5.81. The van der Waals surface area contributed by atoms with Gasteiger partial charge in [-0.3, -0.25) is 9.59 Å². The van der Waals surface area contributed by atoms with Crippen molar-refractivity contribution in [3.63, 3.8) is 0 Å². The minimum Gasteiger partial charge on any atom is -0.461 e. The molecular weight excluding hydrogens is 379 g/mol. The molecule has 3 rings (SSSR count). The molecule has 7 nitrogen and oxygen atoms in total. The zero-order chi connectivity index (χ0) is 20.3. The van der Waals surface area contributed by atoms with E-state index in [4.69, 9.17) is 8.94 Å². The Bertz CT molecular complexity index is 980. The first-order chi connectivity index (χ1) is 13.3. The van der Waals surface area contributed by atoms with Gasteiger partial charge >= 0.3 is 6.18 Å². The van der Waals surface area contributed by atoms with E-state index in [1.807, 2.05) is 0 Å². The van der Waals surface area contributed by atoms with E-state index < -0.39 is 30.1 Å². The molecule has 2 aromatic heterocycles. The first kappa shape index (κ1) is 19.2. The fourth-order valence-electron chi connectivity index (χ4n) is 2.42. The summed E-state index contributed by atoms with van der Waals surface area (Å²) in [6.45, 7) is -0.478. The molecule has 146 valence electrons. The first-order valence-electron chi connectivity index (χ1n) is 7.98. The third-order valence-electron chi connectivity index (χ3n) is 3.73. The smallest absolute Gasteiger partial charge is 0.418 e. The van der Waals surface area contributed by atoms with Crippen LogP contribution < -0.4 is 5.32 Å². The molecule has 1 aromatic carbocycles. The van der Waals surface area contributed by atoms with Crippen molar-refractivity contribution >= 4 is 17.5 Å². The molecule has 3 aromatic rings. The number of carbonyl (C=O) groups excluding carboxylic acids is 2. The normalized spacial score (nSPS) is 11.3. The summed E-state index contributed by atoms with van der Waals surface area (Å²) < 4.78 is 49.1. The van der Waals surface area contributed by atoms with Crippen molar-refractivity contribution in [2.24, 2.45) is 0 Å². The summed E-state index contributed by atoms with van der Waals surface area (Å²) >= 11 is 0. The highest BCUT2D eigenvalue weighted by atomic mass is 19.4. The summed E-state index contributed by atoms with van der Waals surface area (Å²) in [5, 5.41) is 5.79. The zero-order valence-corrected chi connectivity index (χ0v) is 14.5. The van der Waals surface area contributed by atoms with E-state index in [-0.39, 0.29) is 17.1 Å². The summed E-state index contributed by atoms with van der Waals surface area (Å²) in [5.74, 6) is -0.830. The molecule has 0 saturated heterocycles. The maximum atomic E-state index is 13.0. The first-order valence-corrected chi connectivity index (χ1v) is 7.98. The molecule has 0 saturated carbocycles. The molecule has 0 aliphatic heterocycles. The van der Waals surface area contributed by atoms with Crippen LogP contribution in [0, 0.1) is 0 Å². The topological polar surface area (TPSA) is 88.6 Å². The van der Waals surface area contributed by atoms with E-state index in [1.165, 1.54) is 31.5 Å². The number of benzene rings is 1. The average Bonchev–Trinajstić information content (AvgIpc) is 3.32. The van der Waals surface area contributed by atoms with Gasteiger partial charge in [0.15, 0.2) is 11.5 Å². The number of alkyl halides is 3. The van der Waals surface area contributed by atoms with Gasteiger partial charge in [-0.05, 0) is 24.3 Å². The quantitative estimate of drug-likeness (QED) is 0.715. The summed E-state index contributed by atoms with van der Waals surface area (Å²) in [4.78, 5) is 25.5. The number of amides is 2. The van der Waals surface area contributed by atoms with E-state index >= 15 is 0 Å². The van der Waals surface area contributed by atoms with Gasteiger partial charge in [-0.25, -0.2) is 0 Å². The Morgan fingerprint density at radius 2 is 1.89 bits per heavy atom. The molecule has 0 atom stereocenters. The number of nitrogens with zero attached hydrogens (tertiary/aromatic N) is 2. The van der Waals surface area contributed by atoms with Crippen LogP contribution in [0.25, 0.3) is 11.5 Å². The number of carbonyl (C=O) groups is 2. The molecule has 1 N–H and O–H groups in total. The van der Waals surface area contributed by atoms with Crippen LogP contribution in [0.5, 0.6) is 0 Å². The van der Waals surface area contributed by atoms with E-state index in [9.17, 15) is 22.8 Å². The van der Waals surface area contributed by atoms with Crippen LogP contribution in [-0.2, 0) is 11.0 Å². The van der Waals surface area contributed by atoms with Crippen LogP contribution in [0.1, 0.15) is 16.1 Å². The Balaban J connectivity index is 1.66. The molecule has 28 heavy (non-hydrogen) atoms. The second kappa shape index (κ2) is 7.59. The van der Waals surface area contributed by atoms with Crippen molar-refractivity contribution in [3.8, 4) is 11.5 Å². The lowest BCUT2D eigenvalue weighted by Gasteiger charge is -2.17. The largest absolute Gasteiger partial charge is 0.461 e. The number of nitrogens with one attached hydrogen (secondary N) is 1. The summed E-state index contributed by atoms with van der Waals surface area (Å²) in [6.07, 6.45) is -3.19. The summed E-state index contributed by atoms with van der Waals surface area (Å²) in [7, 11) is 1.32. The molecule has 2 heterocycles. The van der Waals surface area contributed by atoms with E-state index in [0.717, 1.165) is 17.0 Å². The number of likely N-dealkylation sites (N-methyl/N-ethyl adjacent to an activating group) is 1. The van der Waals surface area contributed by atoms with Crippen LogP contribution >= 0.6 is 0 Å². The predicted molar refractivity (Wildman–Crippen MR) is 91.2 cm³/mol. The van der Waals surface area contributed by atoms with Gasteiger partial charge in [0.25, 0.3) is 5.91 Å². The third-order valence-corrected chi connectivity index (χ3v) is 3.73. The van der Waals surface area contributed by atoms with Crippen molar-refractivity contribution < 1.29 is 31.7 Å². The number of rotatable bonds is 5. The van der Waals surface area contributed by atoms with E-state index in [0.29, 0.717) is 5.76 Å². The number of halogens is 3. The van der Waals surface area contributed by atoms with Crippen molar-refractivity contribution in [2.75, 3.05) is 18.9 Å². The molecule has 2 amide bonds. The molecule has 0 spiro atoms. The molecule has 0 fully saturated rings. The molecule has 0 unspecified atom stereocenters. The van der Waals surface area contributed by atoms with Crippen molar-refractivity contribution in [2.45, 2.75) is 6.18 Å². The molecule has 0 radical (unpaired) electrons. The lowest BCUT2D eigenvalue weighted by Crippen LogP contribution is -2.35. The predicted octanol–water partition coefficient (Wildman–Crippen LogP) is 3.66. The van der Waals surface area contributed by atoms with Crippen molar-refractivity contribution in [3.05, 3.63) is 60.0 Å². The highest BCUT2D eigenvalue weighted by Gasteiger charge is 2.33. The van der Waals surface area contributed by atoms with Crippen molar-refractivity contribution in [1.82, 2.24) is 10.1 Å². The Hall–Kier alpha value is -3.56. The SMILES string of the molecule is CN(CC(=O)Nc1ccccc1C(F)(F)F)C(=O)c1cc(-c2ccco2)on1. The highest BCUT2D eigenvalue weighted by Crippen LogP contribution is 2.34. The van der Waals surface area contributed by atoms with Gasteiger partial charge in [-0.2, -0.15) is 13.2 Å². The maximum absolute atomic E-state index is 13.0. The van der Waals surface area contributed by atoms with Crippen LogP contribution in [0.3, 0.4) is 0 Å². The van der Waals surface area contributed by atoms with Gasteiger partial charge in [-0.15, -0.1) is 0 Å². The van der Waals surface area contributed by atoms with E-state index in [1.54, 1.807) is 12.1 Å². The zero-order valence-electron chi connectivity index (χ0n) is 14.5.